The maximum atomic E-state index is 12.7. The Morgan fingerprint density at radius 2 is 2.00 bits per heavy atom. The summed E-state index contributed by atoms with van der Waals surface area (Å²) in [6.45, 7) is 10.1. The Hall–Kier alpha value is -2.30. The van der Waals surface area contributed by atoms with E-state index in [9.17, 15) is 4.79 Å². The monoisotopic (exact) mass is 314 g/mol. The van der Waals surface area contributed by atoms with Crippen molar-refractivity contribution in [2.75, 3.05) is 18.4 Å². The number of rotatable bonds is 7. The molecule has 0 aliphatic rings. The molecule has 0 spiro atoms. The first kappa shape index (κ1) is 17.1. The van der Waals surface area contributed by atoms with Gasteiger partial charge < -0.3 is 10.2 Å². The molecule has 2 aromatic rings. The number of para-hydroxylation sites is 1. The average Bonchev–Trinajstić information content (AvgIpc) is 3.04. The highest BCUT2D eigenvalue weighted by molar-refractivity contribution is 5.84. The third kappa shape index (κ3) is 4.34. The standard InChI is InChI=1S/C18H26N4O/c1-5-21(12-13-22-11-7-10-19-22)18(23)16(4)20-17-14(2)8-6-9-15(17)3/h6-11,16,20H,5,12-13H2,1-4H3. The predicted molar refractivity (Wildman–Crippen MR) is 93.5 cm³/mol. The van der Waals surface area contributed by atoms with Gasteiger partial charge in [0.2, 0.25) is 5.91 Å². The van der Waals surface area contributed by atoms with Gasteiger partial charge in [-0.25, -0.2) is 0 Å². The van der Waals surface area contributed by atoms with E-state index >= 15 is 0 Å². The minimum Gasteiger partial charge on any atom is -0.373 e. The molecule has 5 nitrogen and oxygen atoms in total. The van der Waals surface area contributed by atoms with E-state index in [1.807, 2.05) is 41.8 Å². The summed E-state index contributed by atoms with van der Waals surface area (Å²) < 4.78 is 1.85. The zero-order chi connectivity index (χ0) is 16.8. The lowest BCUT2D eigenvalue weighted by atomic mass is 10.1. The number of hydrogen-bond donors (Lipinski definition) is 1. The predicted octanol–water partition coefficient (Wildman–Crippen LogP) is 2.85. The summed E-state index contributed by atoms with van der Waals surface area (Å²) in [7, 11) is 0. The Balaban J connectivity index is 1.99. The number of nitrogens with one attached hydrogen (secondary N) is 1. The van der Waals surface area contributed by atoms with Gasteiger partial charge in [0.05, 0.1) is 6.54 Å². The highest BCUT2D eigenvalue weighted by atomic mass is 16.2. The van der Waals surface area contributed by atoms with E-state index in [-0.39, 0.29) is 11.9 Å². The zero-order valence-corrected chi connectivity index (χ0v) is 14.4. The van der Waals surface area contributed by atoms with Gasteiger partial charge in [0.1, 0.15) is 6.04 Å². The second-order valence-electron chi connectivity index (χ2n) is 5.82. The Kier molecular flexibility index (Phi) is 5.79. The number of carbonyl (C=O) groups is 1. The fourth-order valence-electron chi connectivity index (χ4n) is 2.67. The number of amides is 1. The molecule has 0 aliphatic heterocycles. The van der Waals surface area contributed by atoms with Gasteiger partial charge in [0.15, 0.2) is 0 Å². The van der Waals surface area contributed by atoms with Crippen molar-refractivity contribution in [2.24, 2.45) is 0 Å². The van der Waals surface area contributed by atoms with E-state index in [4.69, 9.17) is 0 Å². The van der Waals surface area contributed by atoms with Gasteiger partial charge >= 0.3 is 0 Å². The molecule has 1 amide bonds. The molecule has 0 bridgehead atoms. The summed E-state index contributed by atoms with van der Waals surface area (Å²) in [5.41, 5.74) is 3.37. The molecule has 5 heteroatoms. The van der Waals surface area contributed by atoms with Gasteiger partial charge in [0, 0.05) is 31.2 Å². The highest BCUT2D eigenvalue weighted by Gasteiger charge is 2.20. The van der Waals surface area contributed by atoms with Crippen LogP contribution in [0.4, 0.5) is 5.69 Å². The molecule has 0 fully saturated rings. The largest absolute Gasteiger partial charge is 0.373 e. The Morgan fingerprint density at radius 1 is 1.30 bits per heavy atom. The summed E-state index contributed by atoms with van der Waals surface area (Å²) in [5.74, 6) is 0.113. The quantitative estimate of drug-likeness (QED) is 0.855. The summed E-state index contributed by atoms with van der Waals surface area (Å²) in [6.07, 6.45) is 3.67. The molecule has 1 heterocycles. The van der Waals surface area contributed by atoms with Crippen molar-refractivity contribution in [3.63, 3.8) is 0 Å². The van der Waals surface area contributed by atoms with Gasteiger partial charge in [0.25, 0.3) is 0 Å². The number of carbonyl (C=O) groups excluding carboxylic acids is 1. The molecular formula is C18H26N4O. The smallest absolute Gasteiger partial charge is 0.244 e. The lowest BCUT2D eigenvalue weighted by Gasteiger charge is -2.26. The summed E-state index contributed by atoms with van der Waals surface area (Å²) in [5, 5.41) is 7.55. The van der Waals surface area contributed by atoms with Crippen LogP contribution >= 0.6 is 0 Å². The molecule has 23 heavy (non-hydrogen) atoms. The topological polar surface area (TPSA) is 50.2 Å². The maximum Gasteiger partial charge on any atom is 0.244 e. The molecule has 1 aromatic carbocycles. The molecule has 0 radical (unpaired) electrons. The average molecular weight is 314 g/mol. The number of hydrogen-bond acceptors (Lipinski definition) is 3. The lowest BCUT2D eigenvalue weighted by molar-refractivity contribution is -0.131. The number of likely N-dealkylation sites (N-methyl/N-ethyl adjacent to an activating group) is 1. The molecule has 0 aliphatic carbocycles. The second-order valence-corrected chi connectivity index (χ2v) is 5.82. The molecule has 0 saturated heterocycles. The van der Waals surface area contributed by atoms with Crippen LogP contribution in [0.1, 0.15) is 25.0 Å². The number of nitrogens with zero attached hydrogens (tertiary/aromatic N) is 3. The fourth-order valence-corrected chi connectivity index (χ4v) is 2.67. The third-order valence-corrected chi connectivity index (χ3v) is 4.06. The van der Waals surface area contributed by atoms with E-state index in [0.717, 1.165) is 16.8 Å². The molecule has 0 saturated carbocycles. The summed E-state index contributed by atoms with van der Waals surface area (Å²) in [6, 6.07) is 7.78. The molecule has 2 rings (SSSR count). The van der Waals surface area contributed by atoms with E-state index in [0.29, 0.717) is 19.6 Å². The summed E-state index contributed by atoms with van der Waals surface area (Å²) in [4.78, 5) is 14.6. The van der Waals surface area contributed by atoms with E-state index in [2.05, 4.69) is 36.4 Å². The SMILES string of the molecule is CCN(CCn1cccn1)C(=O)C(C)Nc1c(C)cccc1C. The van der Waals surface area contributed by atoms with E-state index in [1.54, 1.807) is 6.20 Å². The van der Waals surface area contributed by atoms with Crippen LogP contribution in [0.15, 0.2) is 36.7 Å². The van der Waals surface area contributed by atoms with Crippen LogP contribution in [0.2, 0.25) is 0 Å². The van der Waals surface area contributed by atoms with Crippen molar-refractivity contribution in [3.05, 3.63) is 47.8 Å². The molecule has 1 atom stereocenters. The Bertz CT molecular complexity index is 616. The highest BCUT2D eigenvalue weighted by Crippen LogP contribution is 2.20. The van der Waals surface area contributed by atoms with Crippen LogP contribution in [0.5, 0.6) is 0 Å². The number of aromatic nitrogens is 2. The second kappa shape index (κ2) is 7.81. The van der Waals surface area contributed by atoms with E-state index in [1.165, 1.54) is 0 Å². The minimum atomic E-state index is -0.257. The Morgan fingerprint density at radius 3 is 2.57 bits per heavy atom. The van der Waals surface area contributed by atoms with E-state index < -0.39 is 0 Å². The van der Waals surface area contributed by atoms with Crippen molar-refractivity contribution in [1.29, 1.82) is 0 Å². The molecule has 1 aromatic heterocycles. The van der Waals surface area contributed by atoms with Crippen molar-refractivity contribution in [2.45, 2.75) is 40.3 Å². The van der Waals surface area contributed by atoms with Gasteiger partial charge in [-0.15, -0.1) is 0 Å². The zero-order valence-electron chi connectivity index (χ0n) is 14.4. The minimum absolute atomic E-state index is 0.113. The summed E-state index contributed by atoms with van der Waals surface area (Å²) >= 11 is 0. The van der Waals surface area contributed by atoms with Crippen molar-refractivity contribution < 1.29 is 4.79 Å². The van der Waals surface area contributed by atoms with Gasteiger partial charge in [-0.1, -0.05) is 18.2 Å². The normalized spacial score (nSPS) is 12.0. The number of aryl methyl sites for hydroxylation is 2. The van der Waals surface area contributed by atoms with Gasteiger partial charge in [-0.3, -0.25) is 9.48 Å². The van der Waals surface area contributed by atoms with Crippen LogP contribution in [0, 0.1) is 13.8 Å². The first-order valence-corrected chi connectivity index (χ1v) is 8.12. The first-order chi connectivity index (χ1) is 11.0. The number of anilines is 1. The molecule has 124 valence electrons. The number of benzene rings is 1. The van der Waals surface area contributed by atoms with Crippen LogP contribution in [0.3, 0.4) is 0 Å². The molecule has 1 unspecified atom stereocenters. The third-order valence-electron chi connectivity index (χ3n) is 4.06. The first-order valence-electron chi connectivity index (χ1n) is 8.12. The molecular weight excluding hydrogens is 288 g/mol. The maximum absolute atomic E-state index is 12.7. The van der Waals surface area contributed by atoms with Gasteiger partial charge in [-0.2, -0.15) is 5.10 Å². The molecule has 1 N–H and O–H groups in total. The van der Waals surface area contributed by atoms with Crippen LogP contribution in [-0.2, 0) is 11.3 Å². The van der Waals surface area contributed by atoms with Crippen LogP contribution in [-0.4, -0.2) is 39.7 Å². The van der Waals surface area contributed by atoms with Crippen LogP contribution < -0.4 is 5.32 Å². The van der Waals surface area contributed by atoms with Crippen molar-refractivity contribution in [3.8, 4) is 0 Å². The van der Waals surface area contributed by atoms with Crippen molar-refractivity contribution >= 4 is 11.6 Å². The van der Waals surface area contributed by atoms with Crippen LogP contribution in [0.25, 0.3) is 0 Å². The van der Waals surface area contributed by atoms with Crippen molar-refractivity contribution in [1.82, 2.24) is 14.7 Å². The van der Waals surface area contributed by atoms with Gasteiger partial charge in [-0.05, 0) is 44.9 Å². The Labute approximate surface area is 138 Å². The fraction of sp³-hybridized carbons (Fsp3) is 0.444. The lowest BCUT2D eigenvalue weighted by Crippen LogP contribution is -2.43.